The van der Waals surface area contributed by atoms with Crippen LogP contribution in [-0.4, -0.2) is 28.1 Å². The van der Waals surface area contributed by atoms with Gasteiger partial charge >= 0.3 is 0 Å². The smallest absolute Gasteiger partial charge is 0.257 e. The Morgan fingerprint density at radius 3 is 2.83 bits per heavy atom. The summed E-state index contributed by atoms with van der Waals surface area (Å²) in [6.45, 7) is 2.85. The quantitative estimate of drug-likeness (QED) is 0.632. The third-order valence-electron chi connectivity index (χ3n) is 3.59. The highest BCUT2D eigenvalue weighted by molar-refractivity contribution is 7.99. The molecule has 0 aliphatic carbocycles. The van der Waals surface area contributed by atoms with Crippen LogP contribution in [0.1, 0.15) is 12.5 Å². The minimum atomic E-state index is -0.295. The topological polar surface area (TPSA) is 46.3 Å². The predicted octanol–water partition coefficient (Wildman–Crippen LogP) is 4.11. The summed E-state index contributed by atoms with van der Waals surface area (Å²) in [5.41, 5.74) is 2.26. The van der Waals surface area contributed by atoms with Gasteiger partial charge in [0.15, 0.2) is 5.58 Å². The average Bonchev–Trinajstić information content (AvgIpc) is 3.00. The van der Waals surface area contributed by atoms with E-state index in [9.17, 15) is 9.18 Å². The van der Waals surface area contributed by atoms with Gasteiger partial charge in [0.1, 0.15) is 11.3 Å². The second kappa shape index (κ2) is 7.49. The molecule has 0 radical (unpaired) electrons. The first-order chi connectivity index (χ1) is 11.7. The molecule has 1 aromatic heterocycles. The number of amides is 1. The SMILES string of the molecule is CCN(Cc1cccc(F)c1)C(=O)CSc1nc2ccccc2o1. The van der Waals surface area contributed by atoms with Crippen LogP contribution >= 0.6 is 11.8 Å². The van der Waals surface area contributed by atoms with Gasteiger partial charge in [-0.15, -0.1) is 0 Å². The molecule has 0 aliphatic rings. The Morgan fingerprint density at radius 2 is 2.08 bits per heavy atom. The van der Waals surface area contributed by atoms with Gasteiger partial charge in [0, 0.05) is 13.1 Å². The predicted molar refractivity (Wildman–Crippen MR) is 92.2 cm³/mol. The molecule has 6 heteroatoms. The number of rotatable bonds is 6. The molecule has 0 N–H and O–H groups in total. The van der Waals surface area contributed by atoms with Crippen molar-refractivity contribution in [1.29, 1.82) is 0 Å². The number of aromatic nitrogens is 1. The molecule has 0 saturated carbocycles. The van der Waals surface area contributed by atoms with Gasteiger partial charge in [0.05, 0.1) is 5.75 Å². The fraction of sp³-hybridized carbons (Fsp3) is 0.222. The molecular weight excluding hydrogens is 327 g/mol. The highest BCUT2D eigenvalue weighted by Gasteiger charge is 2.15. The van der Waals surface area contributed by atoms with Crippen LogP contribution in [0.15, 0.2) is 58.2 Å². The maximum Gasteiger partial charge on any atom is 0.257 e. The normalized spacial score (nSPS) is 10.9. The van der Waals surface area contributed by atoms with Crippen LogP contribution in [0.5, 0.6) is 0 Å². The summed E-state index contributed by atoms with van der Waals surface area (Å²) in [5, 5.41) is 0.478. The maximum absolute atomic E-state index is 13.3. The number of thioether (sulfide) groups is 1. The van der Waals surface area contributed by atoms with E-state index >= 15 is 0 Å². The van der Waals surface area contributed by atoms with E-state index in [4.69, 9.17) is 4.42 Å². The van der Waals surface area contributed by atoms with Gasteiger partial charge < -0.3 is 9.32 Å². The molecule has 2 aromatic carbocycles. The highest BCUT2D eigenvalue weighted by Crippen LogP contribution is 2.23. The zero-order chi connectivity index (χ0) is 16.9. The van der Waals surface area contributed by atoms with Crippen molar-refractivity contribution in [1.82, 2.24) is 9.88 Å². The lowest BCUT2D eigenvalue weighted by Crippen LogP contribution is -2.31. The summed E-state index contributed by atoms with van der Waals surface area (Å²) in [6, 6.07) is 13.8. The van der Waals surface area contributed by atoms with E-state index in [-0.39, 0.29) is 17.5 Å². The number of nitrogens with zero attached hydrogens (tertiary/aromatic N) is 2. The number of para-hydroxylation sites is 2. The molecule has 0 spiro atoms. The zero-order valence-electron chi connectivity index (χ0n) is 13.2. The van der Waals surface area contributed by atoms with Gasteiger partial charge in [-0.1, -0.05) is 36.0 Å². The average molecular weight is 344 g/mol. The minimum Gasteiger partial charge on any atom is -0.431 e. The molecule has 0 fully saturated rings. The largest absolute Gasteiger partial charge is 0.431 e. The van der Waals surface area contributed by atoms with Crippen molar-refractivity contribution in [3.63, 3.8) is 0 Å². The lowest BCUT2D eigenvalue weighted by atomic mass is 10.2. The summed E-state index contributed by atoms with van der Waals surface area (Å²) in [7, 11) is 0. The molecule has 124 valence electrons. The number of carbonyl (C=O) groups is 1. The maximum atomic E-state index is 13.3. The number of oxazole rings is 1. The molecule has 24 heavy (non-hydrogen) atoms. The van der Waals surface area contributed by atoms with E-state index in [0.717, 1.165) is 11.1 Å². The van der Waals surface area contributed by atoms with Gasteiger partial charge in [-0.3, -0.25) is 4.79 Å². The number of hydrogen-bond donors (Lipinski definition) is 0. The first-order valence-electron chi connectivity index (χ1n) is 7.66. The summed E-state index contributed by atoms with van der Waals surface area (Å²) < 4.78 is 18.9. The number of benzene rings is 2. The first-order valence-corrected chi connectivity index (χ1v) is 8.65. The standard InChI is InChI=1S/C18H17FN2O2S/c1-2-21(11-13-6-5-7-14(19)10-13)17(22)12-24-18-20-15-8-3-4-9-16(15)23-18/h3-10H,2,11-12H2,1H3. The van der Waals surface area contributed by atoms with Crippen molar-refractivity contribution < 1.29 is 13.6 Å². The molecule has 3 aromatic rings. The Bertz CT molecular complexity index is 817. The molecule has 4 nitrogen and oxygen atoms in total. The van der Waals surface area contributed by atoms with E-state index in [2.05, 4.69) is 4.98 Å². The highest BCUT2D eigenvalue weighted by atomic mass is 32.2. The zero-order valence-corrected chi connectivity index (χ0v) is 14.1. The van der Waals surface area contributed by atoms with Crippen LogP contribution in [0.25, 0.3) is 11.1 Å². The lowest BCUT2D eigenvalue weighted by Gasteiger charge is -2.20. The van der Waals surface area contributed by atoms with E-state index < -0.39 is 0 Å². The van der Waals surface area contributed by atoms with E-state index in [1.165, 1.54) is 23.9 Å². The van der Waals surface area contributed by atoms with Crippen LogP contribution in [0.2, 0.25) is 0 Å². The van der Waals surface area contributed by atoms with Gasteiger partial charge in [0.2, 0.25) is 5.91 Å². The molecule has 0 aliphatic heterocycles. The van der Waals surface area contributed by atoms with E-state index in [1.807, 2.05) is 37.3 Å². The molecular formula is C18H17FN2O2S. The second-order valence-corrected chi connectivity index (χ2v) is 6.20. The first kappa shape index (κ1) is 16.5. The van der Waals surface area contributed by atoms with Crippen molar-refractivity contribution in [2.75, 3.05) is 12.3 Å². The molecule has 0 bridgehead atoms. The van der Waals surface area contributed by atoms with Crippen molar-refractivity contribution in [2.24, 2.45) is 0 Å². The molecule has 0 atom stereocenters. The van der Waals surface area contributed by atoms with Crippen LogP contribution in [0.3, 0.4) is 0 Å². The van der Waals surface area contributed by atoms with Crippen molar-refractivity contribution in [3.8, 4) is 0 Å². The molecule has 1 heterocycles. The lowest BCUT2D eigenvalue weighted by molar-refractivity contribution is -0.128. The fourth-order valence-electron chi connectivity index (χ4n) is 2.36. The van der Waals surface area contributed by atoms with Crippen LogP contribution in [-0.2, 0) is 11.3 Å². The molecule has 1 amide bonds. The third kappa shape index (κ3) is 3.94. The molecule has 0 unspecified atom stereocenters. The second-order valence-electron chi connectivity index (χ2n) is 5.27. The summed E-state index contributed by atoms with van der Waals surface area (Å²) >= 11 is 1.27. The molecule has 0 saturated heterocycles. The summed E-state index contributed by atoms with van der Waals surface area (Å²) in [4.78, 5) is 18.4. The number of carbonyl (C=O) groups excluding carboxylic acids is 1. The fourth-order valence-corrected chi connectivity index (χ4v) is 3.10. The van der Waals surface area contributed by atoms with Gasteiger partial charge in [-0.2, -0.15) is 0 Å². The van der Waals surface area contributed by atoms with Gasteiger partial charge in [-0.25, -0.2) is 9.37 Å². The summed E-state index contributed by atoms with van der Waals surface area (Å²) in [6.07, 6.45) is 0. The van der Waals surface area contributed by atoms with Crippen molar-refractivity contribution in [2.45, 2.75) is 18.7 Å². The van der Waals surface area contributed by atoms with Crippen LogP contribution in [0, 0.1) is 5.82 Å². The van der Waals surface area contributed by atoms with Crippen molar-refractivity contribution >= 4 is 28.8 Å². The summed E-state index contributed by atoms with van der Waals surface area (Å²) in [5.74, 6) is -0.0958. The van der Waals surface area contributed by atoms with E-state index in [1.54, 1.807) is 11.0 Å². The Hall–Kier alpha value is -2.34. The third-order valence-corrected chi connectivity index (χ3v) is 4.40. The number of halogens is 1. The monoisotopic (exact) mass is 344 g/mol. The Kier molecular flexibility index (Phi) is 5.15. The Labute approximate surface area is 143 Å². The number of hydrogen-bond acceptors (Lipinski definition) is 4. The van der Waals surface area contributed by atoms with Crippen LogP contribution in [0.4, 0.5) is 4.39 Å². The van der Waals surface area contributed by atoms with Gasteiger partial charge in [-0.05, 0) is 36.8 Å². The Balaban J connectivity index is 1.61. The van der Waals surface area contributed by atoms with E-state index in [0.29, 0.717) is 23.9 Å². The van der Waals surface area contributed by atoms with Gasteiger partial charge in [0.25, 0.3) is 5.22 Å². The molecule has 3 rings (SSSR count). The van der Waals surface area contributed by atoms with Crippen LogP contribution < -0.4 is 0 Å². The van der Waals surface area contributed by atoms with Crippen molar-refractivity contribution in [3.05, 3.63) is 59.9 Å². The minimum absolute atomic E-state index is 0.0333. The number of fused-ring (bicyclic) bond motifs is 1. The Morgan fingerprint density at radius 1 is 1.25 bits per heavy atom.